The molecule has 0 spiro atoms. The number of halogens is 1. The van der Waals surface area contributed by atoms with E-state index in [0.717, 1.165) is 24.0 Å². The number of nitrogens with zero attached hydrogens (tertiary/aromatic N) is 1. The minimum Gasteiger partial charge on any atom is -0.329 e. The monoisotopic (exact) mass is 294 g/mol. The normalized spacial score (nSPS) is 20.1. The van der Waals surface area contributed by atoms with Gasteiger partial charge in [0.25, 0.3) is 0 Å². The molecule has 1 aliphatic heterocycles. The summed E-state index contributed by atoms with van der Waals surface area (Å²) in [7, 11) is 0. The van der Waals surface area contributed by atoms with Gasteiger partial charge >= 0.3 is 0 Å². The largest absolute Gasteiger partial charge is 0.329 e. The van der Waals surface area contributed by atoms with Crippen molar-refractivity contribution in [2.45, 2.75) is 39.7 Å². The van der Waals surface area contributed by atoms with Crippen LogP contribution in [0.15, 0.2) is 24.3 Å². The maximum absolute atomic E-state index is 6.11. The number of benzene rings is 1. The van der Waals surface area contributed by atoms with E-state index in [-0.39, 0.29) is 0 Å². The molecule has 2 N–H and O–H groups in total. The second kappa shape index (κ2) is 6.46. The van der Waals surface area contributed by atoms with E-state index in [1.54, 1.807) is 0 Å². The van der Waals surface area contributed by atoms with Crippen LogP contribution in [0.3, 0.4) is 0 Å². The molecule has 1 unspecified atom stereocenters. The van der Waals surface area contributed by atoms with Crippen molar-refractivity contribution in [3.8, 4) is 0 Å². The van der Waals surface area contributed by atoms with Crippen LogP contribution >= 0.6 is 11.6 Å². The Morgan fingerprint density at radius 3 is 2.45 bits per heavy atom. The van der Waals surface area contributed by atoms with Crippen molar-refractivity contribution >= 4 is 11.6 Å². The van der Waals surface area contributed by atoms with Crippen LogP contribution in [0.5, 0.6) is 0 Å². The molecule has 112 valence electrons. The standard InChI is InChI=1S/C17H27ClN2/c1-17(2,3)14-7-9-20(10-8-14)16(12-19)13-5-4-6-15(18)11-13/h4-6,11,14,16H,7-10,12,19H2,1-3H3. The van der Waals surface area contributed by atoms with Gasteiger partial charge in [0, 0.05) is 17.6 Å². The molecule has 1 aromatic carbocycles. The summed E-state index contributed by atoms with van der Waals surface area (Å²) in [4.78, 5) is 2.52. The highest BCUT2D eigenvalue weighted by atomic mass is 35.5. The van der Waals surface area contributed by atoms with Gasteiger partial charge < -0.3 is 5.73 Å². The zero-order valence-corrected chi connectivity index (χ0v) is 13.7. The molecule has 0 aromatic heterocycles. The molecule has 0 bridgehead atoms. The van der Waals surface area contributed by atoms with Gasteiger partial charge in [-0.05, 0) is 55.0 Å². The Bertz CT molecular complexity index is 431. The van der Waals surface area contributed by atoms with Gasteiger partial charge in [0.1, 0.15) is 0 Å². The lowest BCUT2D eigenvalue weighted by Gasteiger charge is -2.41. The first-order chi connectivity index (χ1) is 9.41. The summed E-state index contributed by atoms with van der Waals surface area (Å²) in [6.07, 6.45) is 2.53. The molecule has 1 heterocycles. The van der Waals surface area contributed by atoms with E-state index in [1.165, 1.54) is 18.4 Å². The molecule has 1 saturated heterocycles. The quantitative estimate of drug-likeness (QED) is 0.909. The van der Waals surface area contributed by atoms with Gasteiger partial charge in [-0.3, -0.25) is 4.90 Å². The number of piperidine rings is 1. The molecule has 1 fully saturated rings. The van der Waals surface area contributed by atoms with Gasteiger partial charge in [-0.2, -0.15) is 0 Å². The van der Waals surface area contributed by atoms with Gasteiger partial charge in [0.2, 0.25) is 0 Å². The van der Waals surface area contributed by atoms with Gasteiger partial charge in [-0.25, -0.2) is 0 Å². The second-order valence-corrected chi connectivity index (χ2v) is 7.42. The van der Waals surface area contributed by atoms with Crippen LogP contribution in [-0.2, 0) is 0 Å². The van der Waals surface area contributed by atoms with Crippen LogP contribution in [0, 0.1) is 11.3 Å². The molecule has 2 rings (SSSR count). The van der Waals surface area contributed by atoms with Crippen molar-refractivity contribution in [2.24, 2.45) is 17.1 Å². The average Bonchev–Trinajstić information content (AvgIpc) is 2.39. The third kappa shape index (κ3) is 3.75. The van der Waals surface area contributed by atoms with E-state index in [0.29, 0.717) is 18.0 Å². The molecule has 20 heavy (non-hydrogen) atoms. The van der Waals surface area contributed by atoms with E-state index in [9.17, 15) is 0 Å². The third-order valence-corrected chi connectivity index (χ3v) is 4.89. The van der Waals surface area contributed by atoms with Crippen molar-refractivity contribution in [1.82, 2.24) is 4.90 Å². The van der Waals surface area contributed by atoms with E-state index in [4.69, 9.17) is 17.3 Å². The average molecular weight is 295 g/mol. The molecule has 1 aromatic rings. The fourth-order valence-corrected chi connectivity index (χ4v) is 3.49. The van der Waals surface area contributed by atoms with Crippen LogP contribution in [0.25, 0.3) is 0 Å². The molecule has 1 atom stereocenters. The lowest BCUT2D eigenvalue weighted by molar-refractivity contribution is 0.0846. The predicted octanol–water partition coefficient (Wildman–Crippen LogP) is 4.10. The minimum absolute atomic E-state index is 0.301. The van der Waals surface area contributed by atoms with Crippen molar-refractivity contribution in [1.29, 1.82) is 0 Å². The highest BCUT2D eigenvalue weighted by Gasteiger charge is 2.31. The van der Waals surface area contributed by atoms with Crippen molar-refractivity contribution < 1.29 is 0 Å². The zero-order valence-electron chi connectivity index (χ0n) is 12.9. The summed E-state index contributed by atoms with van der Waals surface area (Å²) >= 11 is 6.11. The smallest absolute Gasteiger partial charge is 0.0470 e. The molecule has 2 nitrogen and oxygen atoms in total. The summed E-state index contributed by atoms with van der Waals surface area (Å²) in [6, 6.07) is 8.43. The summed E-state index contributed by atoms with van der Waals surface area (Å²) in [5.41, 5.74) is 7.68. The molecule has 3 heteroatoms. The first-order valence-electron chi connectivity index (χ1n) is 7.61. The third-order valence-electron chi connectivity index (χ3n) is 4.65. The van der Waals surface area contributed by atoms with Crippen LogP contribution in [0.4, 0.5) is 0 Å². The summed E-state index contributed by atoms with van der Waals surface area (Å²) in [6.45, 7) is 9.98. The first-order valence-corrected chi connectivity index (χ1v) is 7.99. The molecular formula is C17H27ClN2. The van der Waals surface area contributed by atoms with Gasteiger partial charge in [0.05, 0.1) is 0 Å². The lowest BCUT2D eigenvalue weighted by atomic mass is 9.75. The van der Waals surface area contributed by atoms with Crippen LogP contribution in [-0.4, -0.2) is 24.5 Å². The topological polar surface area (TPSA) is 29.3 Å². The highest BCUT2D eigenvalue weighted by Crippen LogP contribution is 2.36. The van der Waals surface area contributed by atoms with Crippen LogP contribution in [0.2, 0.25) is 5.02 Å². The molecule has 1 aliphatic rings. The number of likely N-dealkylation sites (tertiary alicyclic amines) is 1. The Kier molecular flexibility index (Phi) is 5.11. The van der Waals surface area contributed by atoms with Crippen molar-refractivity contribution in [3.05, 3.63) is 34.9 Å². The predicted molar refractivity (Wildman–Crippen MR) is 87.0 cm³/mol. The van der Waals surface area contributed by atoms with Gasteiger partial charge in [-0.15, -0.1) is 0 Å². The van der Waals surface area contributed by atoms with E-state index < -0.39 is 0 Å². The maximum Gasteiger partial charge on any atom is 0.0470 e. The molecule has 0 aliphatic carbocycles. The second-order valence-electron chi connectivity index (χ2n) is 6.98. The molecular weight excluding hydrogens is 268 g/mol. The SMILES string of the molecule is CC(C)(C)C1CCN(C(CN)c2cccc(Cl)c2)CC1. The summed E-state index contributed by atoms with van der Waals surface area (Å²) in [5.74, 6) is 0.816. The number of rotatable bonds is 3. The van der Waals surface area contributed by atoms with Crippen LogP contribution < -0.4 is 5.73 Å². The van der Waals surface area contributed by atoms with E-state index >= 15 is 0 Å². The summed E-state index contributed by atoms with van der Waals surface area (Å²) in [5, 5.41) is 0.797. The van der Waals surface area contributed by atoms with Gasteiger partial charge in [0.15, 0.2) is 0 Å². The summed E-state index contributed by atoms with van der Waals surface area (Å²) < 4.78 is 0. The Morgan fingerprint density at radius 2 is 1.95 bits per heavy atom. The van der Waals surface area contributed by atoms with Gasteiger partial charge in [-0.1, -0.05) is 44.5 Å². The first kappa shape index (κ1) is 15.8. The van der Waals surface area contributed by atoms with E-state index in [1.807, 2.05) is 12.1 Å². The van der Waals surface area contributed by atoms with Crippen molar-refractivity contribution in [3.63, 3.8) is 0 Å². The Labute approximate surface area is 128 Å². The molecule has 0 radical (unpaired) electrons. The Morgan fingerprint density at radius 1 is 1.30 bits per heavy atom. The lowest BCUT2D eigenvalue weighted by Crippen LogP contribution is -2.42. The Hall–Kier alpha value is -0.570. The molecule has 0 saturated carbocycles. The molecule has 0 amide bonds. The number of hydrogen-bond acceptors (Lipinski definition) is 2. The highest BCUT2D eigenvalue weighted by molar-refractivity contribution is 6.30. The zero-order chi connectivity index (χ0) is 14.8. The van der Waals surface area contributed by atoms with Crippen LogP contribution in [0.1, 0.15) is 45.2 Å². The minimum atomic E-state index is 0.301. The van der Waals surface area contributed by atoms with Crippen molar-refractivity contribution in [2.75, 3.05) is 19.6 Å². The number of hydrogen-bond donors (Lipinski definition) is 1. The fourth-order valence-electron chi connectivity index (χ4n) is 3.29. The maximum atomic E-state index is 6.11. The van der Waals surface area contributed by atoms with E-state index in [2.05, 4.69) is 37.8 Å². The number of nitrogens with two attached hydrogens (primary N) is 1. The Balaban J connectivity index is 2.04. The fraction of sp³-hybridized carbons (Fsp3) is 0.647.